The lowest BCUT2D eigenvalue weighted by Gasteiger charge is -2.21. The van der Waals surface area contributed by atoms with Gasteiger partial charge in [0, 0.05) is 11.1 Å². The van der Waals surface area contributed by atoms with Crippen LogP contribution in [0.2, 0.25) is 0 Å². The lowest BCUT2D eigenvalue weighted by molar-refractivity contribution is -0.131. The van der Waals surface area contributed by atoms with Crippen molar-refractivity contribution in [3.8, 4) is 0 Å². The van der Waals surface area contributed by atoms with E-state index in [-0.39, 0.29) is 12.5 Å². The average molecular weight is 341 g/mol. The van der Waals surface area contributed by atoms with Gasteiger partial charge in [-0.15, -0.1) is 0 Å². The van der Waals surface area contributed by atoms with Gasteiger partial charge in [0.1, 0.15) is 17.1 Å². The van der Waals surface area contributed by atoms with Gasteiger partial charge in [-0.2, -0.15) is 0 Å². The highest BCUT2D eigenvalue weighted by atomic mass is 16.3. The van der Waals surface area contributed by atoms with Crippen LogP contribution in [0.1, 0.15) is 39.9 Å². The van der Waals surface area contributed by atoms with E-state index in [1.807, 2.05) is 0 Å². The van der Waals surface area contributed by atoms with Crippen molar-refractivity contribution in [3.63, 3.8) is 0 Å². The minimum Gasteiger partial charge on any atom is -0.466 e. The Hall–Kier alpha value is -3.09. The van der Waals surface area contributed by atoms with Crippen LogP contribution in [0.4, 0.5) is 4.79 Å². The molecule has 7 nitrogen and oxygen atoms in total. The second-order valence-corrected chi connectivity index (χ2v) is 6.33. The highest BCUT2D eigenvalue weighted by molar-refractivity contribution is 6.07. The highest BCUT2D eigenvalue weighted by Gasteiger charge is 2.50. The molecule has 1 saturated heterocycles. The van der Waals surface area contributed by atoms with Crippen molar-refractivity contribution in [1.29, 1.82) is 0 Å². The zero-order valence-electron chi connectivity index (χ0n) is 14.3. The number of carbonyl (C=O) groups is 3. The predicted octanol–water partition coefficient (Wildman–Crippen LogP) is 1.96. The summed E-state index contributed by atoms with van der Waals surface area (Å²) >= 11 is 0. The number of furan rings is 1. The first kappa shape index (κ1) is 16.8. The zero-order valence-corrected chi connectivity index (χ0v) is 14.3. The molecule has 1 unspecified atom stereocenters. The summed E-state index contributed by atoms with van der Waals surface area (Å²) in [7, 11) is 0. The van der Waals surface area contributed by atoms with Crippen molar-refractivity contribution in [2.75, 3.05) is 0 Å². The molecule has 0 spiro atoms. The predicted molar refractivity (Wildman–Crippen MR) is 89.6 cm³/mol. The number of carbonyl (C=O) groups excluding carboxylic acids is 3. The fourth-order valence-corrected chi connectivity index (χ4v) is 3.11. The van der Waals surface area contributed by atoms with Crippen LogP contribution in [0.15, 0.2) is 34.7 Å². The van der Waals surface area contributed by atoms with Gasteiger partial charge in [-0.3, -0.25) is 14.5 Å². The first-order valence-corrected chi connectivity index (χ1v) is 7.83. The second kappa shape index (κ2) is 5.77. The average Bonchev–Trinajstić information content (AvgIpc) is 3.00. The highest BCUT2D eigenvalue weighted by Crippen LogP contribution is 2.33. The van der Waals surface area contributed by atoms with E-state index >= 15 is 0 Å². The monoisotopic (exact) mass is 341 g/mol. The molecule has 3 N–H and O–H groups in total. The van der Waals surface area contributed by atoms with Crippen LogP contribution in [0.25, 0.3) is 0 Å². The van der Waals surface area contributed by atoms with E-state index in [0.717, 1.165) is 10.5 Å². The van der Waals surface area contributed by atoms with Crippen LogP contribution in [0.3, 0.4) is 0 Å². The van der Waals surface area contributed by atoms with Crippen molar-refractivity contribution >= 4 is 17.8 Å². The van der Waals surface area contributed by atoms with Crippen molar-refractivity contribution in [3.05, 3.63) is 58.5 Å². The maximum atomic E-state index is 12.9. The molecule has 1 aromatic heterocycles. The molecule has 25 heavy (non-hydrogen) atoms. The number of benzene rings is 1. The van der Waals surface area contributed by atoms with Crippen LogP contribution in [0.5, 0.6) is 0 Å². The van der Waals surface area contributed by atoms with Crippen molar-refractivity contribution in [2.24, 2.45) is 5.73 Å². The number of urea groups is 1. The maximum absolute atomic E-state index is 12.9. The molecule has 4 amide bonds. The van der Waals surface area contributed by atoms with Crippen LogP contribution in [0, 0.1) is 13.8 Å². The molecule has 3 rings (SSSR count). The third-order valence-electron chi connectivity index (χ3n) is 4.43. The molecule has 1 aliphatic heterocycles. The summed E-state index contributed by atoms with van der Waals surface area (Å²) in [6.07, 6.45) is 0. The number of hydrogen-bond donors (Lipinski definition) is 2. The third kappa shape index (κ3) is 2.77. The van der Waals surface area contributed by atoms with Gasteiger partial charge in [0.15, 0.2) is 0 Å². The Morgan fingerprint density at radius 2 is 1.88 bits per heavy atom. The minimum absolute atomic E-state index is 0.106. The molecule has 1 fully saturated rings. The Balaban J connectivity index is 1.86. The fraction of sp³-hybridized carbons (Fsp3) is 0.278. The number of nitrogens with zero attached hydrogens (tertiary/aromatic N) is 1. The number of nitrogens with two attached hydrogens (primary N) is 1. The SMILES string of the molecule is Cc1cc(C2(C)NC(=O)N(Cc3ccc(C(N)=O)cc3)C2=O)c(C)o1. The molecule has 0 saturated carbocycles. The van der Waals surface area contributed by atoms with Gasteiger partial charge in [0.05, 0.1) is 6.54 Å². The molecule has 130 valence electrons. The maximum Gasteiger partial charge on any atom is 0.325 e. The van der Waals surface area contributed by atoms with E-state index in [0.29, 0.717) is 22.6 Å². The van der Waals surface area contributed by atoms with E-state index in [9.17, 15) is 14.4 Å². The van der Waals surface area contributed by atoms with E-state index < -0.39 is 17.5 Å². The normalized spacial score (nSPS) is 20.0. The van der Waals surface area contributed by atoms with Gasteiger partial charge in [-0.25, -0.2) is 4.79 Å². The Bertz CT molecular complexity index is 869. The van der Waals surface area contributed by atoms with Gasteiger partial charge in [0.25, 0.3) is 5.91 Å². The molecule has 1 aliphatic rings. The number of imide groups is 1. The van der Waals surface area contributed by atoms with E-state index in [1.165, 1.54) is 0 Å². The quantitative estimate of drug-likeness (QED) is 0.829. The number of amides is 4. The van der Waals surface area contributed by atoms with Crippen molar-refractivity contribution in [2.45, 2.75) is 32.9 Å². The molecule has 0 aliphatic carbocycles. The molecule has 0 bridgehead atoms. The number of rotatable bonds is 4. The number of nitrogens with one attached hydrogen (secondary N) is 1. The van der Waals surface area contributed by atoms with Crippen LogP contribution in [-0.2, 0) is 16.9 Å². The summed E-state index contributed by atoms with van der Waals surface area (Å²) in [6, 6.07) is 7.77. The number of hydrogen-bond acceptors (Lipinski definition) is 4. The van der Waals surface area contributed by atoms with Crippen molar-refractivity contribution < 1.29 is 18.8 Å². The molecule has 2 heterocycles. The van der Waals surface area contributed by atoms with Gasteiger partial charge in [0.2, 0.25) is 5.91 Å². The summed E-state index contributed by atoms with van der Waals surface area (Å²) in [4.78, 5) is 37.5. The van der Waals surface area contributed by atoms with Gasteiger partial charge in [-0.1, -0.05) is 12.1 Å². The molecule has 1 atom stereocenters. The van der Waals surface area contributed by atoms with Gasteiger partial charge >= 0.3 is 6.03 Å². The summed E-state index contributed by atoms with van der Waals surface area (Å²) < 4.78 is 5.50. The van der Waals surface area contributed by atoms with Crippen LogP contribution in [-0.4, -0.2) is 22.7 Å². The summed E-state index contributed by atoms with van der Waals surface area (Å²) in [5, 5.41) is 2.75. The van der Waals surface area contributed by atoms with Crippen LogP contribution < -0.4 is 11.1 Å². The minimum atomic E-state index is -1.16. The smallest absolute Gasteiger partial charge is 0.325 e. The van der Waals surface area contributed by atoms with Crippen molar-refractivity contribution in [1.82, 2.24) is 10.2 Å². The first-order chi connectivity index (χ1) is 11.7. The Morgan fingerprint density at radius 3 is 2.40 bits per heavy atom. The summed E-state index contributed by atoms with van der Waals surface area (Å²) in [6.45, 7) is 5.33. The molecule has 0 radical (unpaired) electrons. The first-order valence-electron chi connectivity index (χ1n) is 7.83. The summed E-state index contributed by atoms with van der Waals surface area (Å²) in [5.74, 6) is 0.401. The molecular formula is C18H19N3O4. The van der Waals surface area contributed by atoms with Crippen LogP contribution >= 0.6 is 0 Å². The zero-order chi connectivity index (χ0) is 18.4. The molecule has 2 aromatic rings. The fourth-order valence-electron chi connectivity index (χ4n) is 3.11. The largest absolute Gasteiger partial charge is 0.466 e. The molecule has 1 aromatic carbocycles. The van der Waals surface area contributed by atoms with E-state index in [2.05, 4.69) is 5.32 Å². The number of primary amides is 1. The Morgan fingerprint density at radius 1 is 1.24 bits per heavy atom. The third-order valence-corrected chi connectivity index (χ3v) is 4.43. The van der Waals surface area contributed by atoms with E-state index in [1.54, 1.807) is 51.1 Å². The topological polar surface area (TPSA) is 106 Å². The molecule has 7 heteroatoms. The number of aryl methyl sites for hydroxylation is 2. The lowest BCUT2D eigenvalue weighted by atomic mass is 9.92. The van der Waals surface area contributed by atoms with Gasteiger partial charge < -0.3 is 15.5 Å². The second-order valence-electron chi connectivity index (χ2n) is 6.33. The molecular weight excluding hydrogens is 322 g/mol. The summed E-state index contributed by atoms with van der Waals surface area (Å²) in [5.41, 5.74) is 5.79. The Kier molecular flexibility index (Phi) is 3.87. The van der Waals surface area contributed by atoms with Gasteiger partial charge in [-0.05, 0) is 44.5 Å². The van der Waals surface area contributed by atoms with E-state index in [4.69, 9.17) is 10.2 Å². The standard InChI is InChI=1S/C18H19N3O4/c1-10-8-14(11(2)25-10)18(3)16(23)21(17(24)20-18)9-12-4-6-13(7-5-12)15(19)22/h4-8H,9H2,1-3H3,(H2,19,22)(H,20,24). The lowest BCUT2D eigenvalue weighted by Crippen LogP contribution is -2.41. The Labute approximate surface area is 144 Å².